The van der Waals surface area contributed by atoms with Crippen LogP contribution in [-0.2, 0) is 16.1 Å². The van der Waals surface area contributed by atoms with Gasteiger partial charge in [0.15, 0.2) is 0 Å². The monoisotopic (exact) mass is 410 g/mol. The Hall–Kier alpha value is -2.83. The zero-order valence-corrected chi connectivity index (χ0v) is 16.2. The molecule has 0 aliphatic carbocycles. The van der Waals surface area contributed by atoms with E-state index in [1.165, 1.54) is 0 Å². The Kier molecular flexibility index (Phi) is 5.60. The van der Waals surface area contributed by atoms with Crippen LogP contribution in [0.3, 0.4) is 0 Å². The number of hydrogen-bond donors (Lipinski definition) is 0. The highest BCUT2D eigenvalue weighted by Gasteiger charge is 2.14. The van der Waals surface area contributed by atoms with Gasteiger partial charge in [-0.05, 0) is 28.5 Å². The Morgan fingerprint density at radius 3 is 2.68 bits per heavy atom. The quantitative estimate of drug-likeness (QED) is 0.314. The maximum atomic E-state index is 12.1. The highest BCUT2D eigenvalue weighted by molar-refractivity contribution is 7.99. The van der Waals surface area contributed by atoms with Gasteiger partial charge in [-0.15, -0.1) is 10.2 Å². The Labute approximate surface area is 170 Å². The SMILES string of the molecule is O=C(CSc1nnc(-c2ccccc2Cl)o1)OCc1cccc2ccccc12. The fourth-order valence-electron chi connectivity index (χ4n) is 2.75. The molecule has 7 heteroatoms. The normalized spacial score (nSPS) is 10.9. The standard InChI is InChI=1S/C21H15ClN2O3S/c22-18-11-4-3-10-17(18)20-23-24-21(27-20)28-13-19(25)26-12-15-8-5-7-14-6-1-2-9-16(14)15/h1-11H,12-13H2. The first-order valence-corrected chi connectivity index (χ1v) is 9.90. The molecule has 1 heterocycles. The molecule has 4 rings (SSSR count). The molecule has 5 nitrogen and oxygen atoms in total. The summed E-state index contributed by atoms with van der Waals surface area (Å²) < 4.78 is 11.0. The molecule has 3 aromatic carbocycles. The predicted molar refractivity (Wildman–Crippen MR) is 109 cm³/mol. The number of ether oxygens (including phenoxy) is 1. The molecule has 140 valence electrons. The van der Waals surface area contributed by atoms with E-state index in [1.54, 1.807) is 12.1 Å². The van der Waals surface area contributed by atoms with Crippen molar-refractivity contribution in [3.63, 3.8) is 0 Å². The second kappa shape index (κ2) is 8.46. The molecular formula is C21H15ClN2O3S. The number of aromatic nitrogens is 2. The number of fused-ring (bicyclic) bond motifs is 1. The van der Waals surface area contributed by atoms with Crippen LogP contribution < -0.4 is 0 Å². The van der Waals surface area contributed by atoms with E-state index in [2.05, 4.69) is 10.2 Å². The highest BCUT2D eigenvalue weighted by atomic mass is 35.5. The maximum absolute atomic E-state index is 12.1. The van der Waals surface area contributed by atoms with Crippen LogP contribution in [0, 0.1) is 0 Å². The molecule has 0 saturated carbocycles. The molecule has 0 unspecified atom stereocenters. The number of halogens is 1. The van der Waals surface area contributed by atoms with Crippen LogP contribution in [0.15, 0.2) is 76.4 Å². The van der Waals surface area contributed by atoms with Gasteiger partial charge in [0, 0.05) is 0 Å². The third kappa shape index (κ3) is 4.18. The topological polar surface area (TPSA) is 65.2 Å². The molecule has 0 saturated heterocycles. The minimum absolute atomic E-state index is 0.0783. The van der Waals surface area contributed by atoms with Crippen molar-refractivity contribution in [2.24, 2.45) is 0 Å². The van der Waals surface area contributed by atoms with Gasteiger partial charge in [-0.25, -0.2) is 0 Å². The third-order valence-corrected chi connectivity index (χ3v) is 5.21. The summed E-state index contributed by atoms with van der Waals surface area (Å²) in [5.41, 5.74) is 1.62. The summed E-state index contributed by atoms with van der Waals surface area (Å²) in [7, 11) is 0. The van der Waals surface area contributed by atoms with Crippen molar-refractivity contribution in [2.75, 3.05) is 5.75 Å². The summed E-state index contributed by atoms with van der Waals surface area (Å²) in [5.74, 6) is 0.0437. The number of nitrogens with zero attached hydrogens (tertiary/aromatic N) is 2. The van der Waals surface area contributed by atoms with Crippen LogP contribution in [0.1, 0.15) is 5.56 Å². The summed E-state index contributed by atoms with van der Waals surface area (Å²) in [5, 5.41) is 10.9. The van der Waals surface area contributed by atoms with Gasteiger partial charge in [0.25, 0.3) is 5.22 Å². The molecular weight excluding hydrogens is 396 g/mol. The van der Waals surface area contributed by atoms with E-state index in [0.717, 1.165) is 28.1 Å². The fourth-order valence-corrected chi connectivity index (χ4v) is 3.53. The average Bonchev–Trinajstić information content (AvgIpc) is 3.20. The van der Waals surface area contributed by atoms with Crippen LogP contribution >= 0.6 is 23.4 Å². The van der Waals surface area contributed by atoms with Crippen LogP contribution in [-0.4, -0.2) is 21.9 Å². The lowest BCUT2D eigenvalue weighted by Crippen LogP contribution is -2.07. The molecule has 1 aromatic heterocycles. The molecule has 4 aromatic rings. The number of thioether (sulfide) groups is 1. The highest BCUT2D eigenvalue weighted by Crippen LogP contribution is 2.28. The van der Waals surface area contributed by atoms with Gasteiger partial charge in [0.1, 0.15) is 12.4 Å². The Morgan fingerprint density at radius 2 is 1.79 bits per heavy atom. The number of carbonyl (C=O) groups excluding carboxylic acids is 1. The van der Waals surface area contributed by atoms with Crippen LogP contribution in [0.4, 0.5) is 0 Å². The van der Waals surface area contributed by atoms with Gasteiger partial charge < -0.3 is 9.15 Å². The van der Waals surface area contributed by atoms with Crippen molar-refractivity contribution in [1.82, 2.24) is 10.2 Å². The molecule has 0 atom stereocenters. The van der Waals surface area contributed by atoms with E-state index in [-0.39, 0.29) is 23.6 Å². The molecule has 0 radical (unpaired) electrons. The molecule has 0 fully saturated rings. The van der Waals surface area contributed by atoms with E-state index in [0.29, 0.717) is 16.5 Å². The molecule has 0 aliphatic rings. The van der Waals surface area contributed by atoms with Crippen molar-refractivity contribution in [1.29, 1.82) is 0 Å². The first-order chi connectivity index (χ1) is 13.7. The van der Waals surface area contributed by atoms with E-state index in [1.807, 2.05) is 54.6 Å². The smallest absolute Gasteiger partial charge is 0.316 e. The van der Waals surface area contributed by atoms with E-state index >= 15 is 0 Å². The first-order valence-electron chi connectivity index (χ1n) is 8.54. The largest absolute Gasteiger partial charge is 0.460 e. The van der Waals surface area contributed by atoms with Gasteiger partial charge in [0.05, 0.1) is 10.6 Å². The van der Waals surface area contributed by atoms with Crippen molar-refractivity contribution in [2.45, 2.75) is 11.8 Å². The molecule has 0 spiro atoms. The van der Waals surface area contributed by atoms with Gasteiger partial charge >= 0.3 is 5.97 Å². The molecule has 28 heavy (non-hydrogen) atoms. The molecule has 0 N–H and O–H groups in total. The van der Waals surface area contributed by atoms with E-state index in [4.69, 9.17) is 20.8 Å². The summed E-state index contributed by atoms with van der Waals surface area (Å²) in [6.07, 6.45) is 0. The van der Waals surface area contributed by atoms with E-state index < -0.39 is 0 Å². The predicted octanol–water partition coefficient (Wildman–Crippen LogP) is 5.38. The van der Waals surface area contributed by atoms with Crippen LogP contribution in [0.2, 0.25) is 5.02 Å². The van der Waals surface area contributed by atoms with Crippen molar-refractivity contribution >= 4 is 40.1 Å². The number of carbonyl (C=O) groups is 1. The zero-order chi connectivity index (χ0) is 19.3. The zero-order valence-electron chi connectivity index (χ0n) is 14.7. The third-order valence-electron chi connectivity index (χ3n) is 4.09. The second-order valence-corrected chi connectivity index (χ2v) is 7.27. The van der Waals surface area contributed by atoms with Gasteiger partial charge in [-0.1, -0.05) is 78.0 Å². The van der Waals surface area contributed by atoms with Crippen molar-refractivity contribution in [3.8, 4) is 11.5 Å². The van der Waals surface area contributed by atoms with Crippen LogP contribution in [0.5, 0.6) is 0 Å². The maximum Gasteiger partial charge on any atom is 0.316 e. The van der Waals surface area contributed by atoms with Crippen molar-refractivity contribution < 1.29 is 13.9 Å². The summed E-state index contributed by atoms with van der Waals surface area (Å²) in [6.45, 7) is 0.218. The lowest BCUT2D eigenvalue weighted by Gasteiger charge is -2.07. The number of rotatable bonds is 6. The average molecular weight is 411 g/mol. The first kappa shape index (κ1) is 18.5. The lowest BCUT2D eigenvalue weighted by molar-refractivity contribution is -0.141. The van der Waals surface area contributed by atoms with Crippen molar-refractivity contribution in [3.05, 3.63) is 77.3 Å². The summed E-state index contributed by atoms with van der Waals surface area (Å²) >= 11 is 7.26. The number of esters is 1. The minimum atomic E-state index is -0.351. The Morgan fingerprint density at radius 1 is 1.00 bits per heavy atom. The molecule has 0 bridgehead atoms. The van der Waals surface area contributed by atoms with E-state index in [9.17, 15) is 4.79 Å². The van der Waals surface area contributed by atoms with Gasteiger partial charge in [0.2, 0.25) is 5.89 Å². The minimum Gasteiger partial charge on any atom is -0.460 e. The van der Waals surface area contributed by atoms with Crippen LogP contribution in [0.25, 0.3) is 22.2 Å². The second-order valence-electron chi connectivity index (χ2n) is 5.94. The lowest BCUT2D eigenvalue weighted by atomic mass is 10.1. The van der Waals surface area contributed by atoms with Gasteiger partial charge in [-0.2, -0.15) is 0 Å². The summed E-state index contributed by atoms with van der Waals surface area (Å²) in [4.78, 5) is 12.1. The Bertz CT molecular complexity index is 1120. The number of benzene rings is 3. The molecule has 0 aliphatic heterocycles. The Balaban J connectivity index is 1.34. The van der Waals surface area contributed by atoms with Gasteiger partial charge in [-0.3, -0.25) is 4.79 Å². The molecule has 0 amide bonds. The number of hydrogen-bond acceptors (Lipinski definition) is 6. The fraction of sp³-hybridized carbons (Fsp3) is 0.0952. The summed E-state index contributed by atoms with van der Waals surface area (Å²) in [6, 6.07) is 21.1.